The highest BCUT2D eigenvalue weighted by atomic mass is 16.5. The maximum Gasteiger partial charge on any atom is 0.337 e. The predicted octanol–water partition coefficient (Wildman–Crippen LogP) is 3.33. The Morgan fingerprint density at radius 1 is 0.939 bits per heavy atom. The second kappa shape index (κ2) is 10.1. The predicted molar refractivity (Wildman–Crippen MR) is 126 cm³/mol. The van der Waals surface area contributed by atoms with Gasteiger partial charge in [0.2, 0.25) is 5.91 Å². The zero-order valence-electron chi connectivity index (χ0n) is 18.5. The van der Waals surface area contributed by atoms with Crippen LogP contribution in [0.3, 0.4) is 0 Å². The number of hydrogen-bond donors (Lipinski definition) is 1. The first kappa shape index (κ1) is 22.3. The molecule has 0 unspecified atom stereocenters. The largest absolute Gasteiger partial charge is 0.465 e. The van der Waals surface area contributed by atoms with E-state index in [4.69, 9.17) is 0 Å². The summed E-state index contributed by atoms with van der Waals surface area (Å²) >= 11 is 0. The summed E-state index contributed by atoms with van der Waals surface area (Å²) < 4.78 is 5.80. The van der Waals surface area contributed by atoms with E-state index < -0.39 is 11.9 Å². The summed E-state index contributed by atoms with van der Waals surface area (Å²) in [5.41, 5.74) is 3.21. The molecule has 3 aromatic rings. The molecular formula is C25H26N4O4. The molecule has 2 aromatic carbocycles. The lowest BCUT2D eigenvalue weighted by molar-refractivity contribution is -0.117. The highest BCUT2D eigenvalue weighted by Crippen LogP contribution is 2.23. The van der Waals surface area contributed by atoms with Gasteiger partial charge in [0.25, 0.3) is 5.56 Å². The molecule has 0 saturated carbocycles. The molecule has 4 rings (SSSR count). The summed E-state index contributed by atoms with van der Waals surface area (Å²) in [5, 5.41) is 7.09. The number of anilines is 2. The maximum atomic E-state index is 12.5. The third kappa shape index (κ3) is 5.46. The molecule has 0 radical (unpaired) electrons. The number of rotatable bonds is 6. The molecule has 1 aliphatic heterocycles. The van der Waals surface area contributed by atoms with E-state index in [1.54, 1.807) is 30.3 Å². The number of benzene rings is 2. The average molecular weight is 447 g/mol. The molecule has 0 atom stereocenters. The number of carbonyl (C=O) groups is 2. The number of nitrogens with one attached hydrogen (secondary N) is 1. The van der Waals surface area contributed by atoms with Crippen LogP contribution in [-0.2, 0) is 16.1 Å². The van der Waals surface area contributed by atoms with E-state index in [-0.39, 0.29) is 12.1 Å². The van der Waals surface area contributed by atoms with Gasteiger partial charge in [-0.15, -0.1) is 0 Å². The number of hydrogen-bond acceptors (Lipinski definition) is 6. The Morgan fingerprint density at radius 3 is 2.30 bits per heavy atom. The molecule has 1 fully saturated rings. The minimum absolute atomic E-state index is 0.225. The van der Waals surface area contributed by atoms with Crippen LogP contribution in [0, 0.1) is 0 Å². The Morgan fingerprint density at radius 2 is 1.64 bits per heavy atom. The molecular weight excluding hydrogens is 420 g/mol. The van der Waals surface area contributed by atoms with Crippen molar-refractivity contribution >= 4 is 23.3 Å². The summed E-state index contributed by atoms with van der Waals surface area (Å²) in [5.74, 6) is -0.850. The fraction of sp³-hybridized carbons (Fsp3) is 0.280. The molecule has 8 nitrogen and oxygen atoms in total. The highest BCUT2D eigenvalue weighted by Gasteiger charge is 2.12. The average Bonchev–Trinajstić information content (AvgIpc) is 2.86. The number of esters is 1. The van der Waals surface area contributed by atoms with Crippen molar-refractivity contribution in [2.75, 3.05) is 30.4 Å². The summed E-state index contributed by atoms with van der Waals surface area (Å²) in [6.07, 6.45) is 3.71. The third-order valence-corrected chi connectivity index (χ3v) is 5.63. The molecule has 1 amide bonds. The molecule has 0 bridgehead atoms. The van der Waals surface area contributed by atoms with Gasteiger partial charge in [0.1, 0.15) is 6.54 Å². The third-order valence-electron chi connectivity index (χ3n) is 5.63. The molecule has 33 heavy (non-hydrogen) atoms. The lowest BCUT2D eigenvalue weighted by Gasteiger charge is -2.28. The van der Waals surface area contributed by atoms with Gasteiger partial charge < -0.3 is 15.0 Å². The second-order valence-electron chi connectivity index (χ2n) is 7.93. The second-order valence-corrected chi connectivity index (χ2v) is 7.93. The summed E-state index contributed by atoms with van der Waals surface area (Å²) in [6, 6.07) is 17.5. The standard InChI is InChI=1S/C25H26N4O4/c1-33-25(32)19-5-9-20(10-6-19)26-23(30)17-29-24(31)14-13-22(27-29)18-7-11-21(12-8-18)28-15-3-2-4-16-28/h5-14H,2-4,15-17H2,1H3,(H,26,30). The normalized spacial score (nSPS) is 13.4. The van der Waals surface area contributed by atoms with Gasteiger partial charge in [-0.25, -0.2) is 9.48 Å². The van der Waals surface area contributed by atoms with E-state index in [1.807, 2.05) is 12.1 Å². The van der Waals surface area contributed by atoms with Gasteiger partial charge in [-0.1, -0.05) is 12.1 Å². The van der Waals surface area contributed by atoms with Crippen LogP contribution in [0.2, 0.25) is 0 Å². The lowest BCUT2D eigenvalue weighted by Crippen LogP contribution is -2.29. The van der Waals surface area contributed by atoms with Crippen molar-refractivity contribution in [2.24, 2.45) is 0 Å². The maximum absolute atomic E-state index is 12.5. The number of carbonyl (C=O) groups excluding carboxylic acids is 2. The van der Waals surface area contributed by atoms with Crippen molar-refractivity contribution in [2.45, 2.75) is 25.8 Å². The molecule has 170 valence electrons. The van der Waals surface area contributed by atoms with Gasteiger partial charge in [-0.2, -0.15) is 5.10 Å². The number of ether oxygens (including phenoxy) is 1. The van der Waals surface area contributed by atoms with Gasteiger partial charge in [0.05, 0.1) is 18.4 Å². The molecule has 8 heteroatoms. The van der Waals surface area contributed by atoms with Crippen LogP contribution in [0.15, 0.2) is 65.5 Å². The van der Waals surface area contributed by atoms with Crippen molar-refractivity contribution in [1.82, 2.24) is 9.78 Å². The zero-order valence-corrected chi connectivity index (χ0v) is 18.5. The number of nitrogens with zero attached hydrogens (tertiary/aromatic N) is 3. The van der Waals surface area contributed by atoms with Crippen LogP contribution in [-0.4, -0.2) is 41.9 Å². The first-order valence-electron chi connectivity index (χ1n) is 11.0. The van der Waals surface area contributed by atoms with Crippen LogP contribution in [0.25, 0.3) is 11.3 Å². The number of methoxy groups -OCH3 is 1. The van der Waals surface area contributed by atoms with E-state index in [0.29, 0.717) is 16.9 Å². The number of amides is 1. The van der Waals surface area contributed by atoms with Crippen LogP contribution >= 0.6 is 0 Å². The first-order chi connectivity index (χ1) is 16.0. The topological polar surface area (TPSA) is 93.5 Å². The van der Waals surface area contributed by atoms with Gasteiger partial charge in [-0.05, 0) is 61.7 Å². The highest BCUT2D eigenvalue weighted by molar-refractivity contribution is 5.92. The van der Waals surface area contributed by atoms with Gasteiger partial charge >= 0.3 is 5.97 Å². The van der Waals surface area contributed by atoms with E-state index in [1.165, 1.54) is 38.1 Å². The minimum Gasteiger partial charge on any atom is -0.465 e. The fourth-order valence-corrected chi connectivity index (χ4v) is 3.86. The summed E-state index contributed by atoms with van der Waals surface area (Å²) in [4.78, 5) is 38.6. The van der Waals surface area contributed by atoms with Crippen molar-refractivity contribution in [3.8, 4) is 11.3 Å². The van der Waals surface area contributed by atoms with E-state index in [2.05, 4.69) is 32.2 Å². The monoisotopic (exact) mass is 446 g/mol. The van der Waals surface area contributed by atoms with Crippen LogP contribution in [0.1, 0.15) is 29.6 Å². The first-order valence-corrected chi connectivity index (χ1v) is 11.0. The number of piperidine rings is 1. The van der Waals surface area contributed by atoms with E-state index in [9.17, 15) is 14.4 Å². The van der Waals surface area contributed by atoms with Gasteiger partial charge in [-0.3, -0.25) is 9.59 Å². The molecule has 0 aliphatic carbocycles. The molecule has 1 aromatic heterocycles. The summed E-state index contributed by atoms with van der Waals surface area (Å²) in [6.45, 7) is 1.92. The Hall–Kier alpha value is -3.94. The molecule has 1 saturated heterocycles. The minimum atomic E-state index is -0.454. The van der Waals surface area contributed by atoms with Crippen molar-refractivity contribution in [3.63, 3.8) is 0 Å². The Bertz CT molecular complexity index is 1180. The molecule has 0 spiro atoms. The fourth-order valence-electron chi connectivity index (χ4n) is 3.86. The van der Waals surface area contributed by atoms with Crippen LogP contribution in [0.5, 0.6) is 0 Å². The van der Waals surface area contributed by atoms with Crippen LogP contribution < -0.4 is 15.8 Å². The van der Waals surface area contributed by atoms with Crippen molar-refractivity contribution < 1.29 is 14.3 Å². The molecule has 1 N–H and O–H groups in total. The van der Waals surface area contributed by atoms with Crippen LogP contribution in [0.4, 0.5) is 11.4 Å². The lowest BCUT2D eigenvalue weighted by atomic mass is 10.1. The van der Waals surface area contributed by atoms with E-state index >= 15 is 0 Å². The SMILES string of the molecule is COC(=O)c1ccc(NC(=O)Cn2nc(-c3ccc(N4CCCCC4)cc3)ccc2=O)cc1. The number of aromatic nitrogens is 2. The smallest absolute Gasteiger partial charge is 0.337 e. The van der Waals surface area contributed by atoms with Gasteiger partial charge in [0.15, 0.2) is 0 Å². The van der Waals surface area contributed by atoms with Crippen molar-refractivity contribution in [3.05, 3.63) is 76.6 Å². The Kier molecular flexibility index (Phi) is 6.83. The van der Waals surface area contributed by atoms with Crippen molar-refractivity contribution in [1.29, 1.82) is 0 Å². The van der Waals surface area contributed by atoms with Gasteiger partial charge in [0, 0.05) is 36.1 Å². The molecule has 1 aliphatic rings. The summed E-state index contributed by atoms with van der Waals surface area (Å²) in [7, 11) is 1.31. The molecule has 2 heterocycles. The Balaban J connectivity index is 1.44. The Labute approximate surface area is 191 Å². The zero-order chi connectivity index (χ0) is 23.2. The quantitative estimate of drug-likeness (QED) is 0.584. The van der Waals surface area contributed by atoms with E-state index in [0.717, 1.165) is 23.3 Å².